The molecule has 5 heteroatoms. The number of rotatable bonds is 10. The van der Waals surface area contributed by atoms with Gasteiger partial charge in [-0.15, -0.1) is 0 Å². The van der Waals surface area contributed by atoms with Crippen molar-refractivity contribution in [3.63, 3.8) is 0 Å². The lowest BCUT2D eigenvalue weighted by molar-refractivity contribution is 0.102. The molecule has 1 heterocycles. The number of unbranched alkanes of at least 4 members (excludes halogenated alkanes) is 1. The highest BCUT2D eigenvalue weighted by atomic mass is 16.4. The molecule has 0 aliphatic heterocycles. The smallest absolute Gasteiger partial charge is 0.351 e. The molecule has 0 radical (unpaired) electrons. The van der Waals surface area contributed by atoms with Gasteiger partial charge in [-0.25, -0.2) is 4.79 Å². The molecule has 0 aliphatic rings. The number of ketones is 1. The van der Waals surface area contributed by atoms with Crippen LogP contribution in [0.3, 0.4) is 0 Å². The summed E-state index contributed by atoms with van der Waals surface area (Å²) in [4.78, 5) is 24.9. The Balaban J connectivity index is 3.03. The van der Waals surface area contributed by atoms with Crippen molar-refractivity contribution in [2.75, 3.05) is 0 Å². The second-order valence-corrected chi connectivity index (χ2v) is 6.90. The Kier molecular flexibility index (Phi) is 9.34. The van der Waals surface area contributed by atoms with E-state index in [2.05, 4.69) is 6.92 Å². The van der Waals surface area contributed by atoms with Gasteiger partial charge in [-0.2, -0.15) is 0 Å². The molecule has 3 N–H and O–H groups in total. The SMILES string of the molecule is CCCC/C(C)=C\C=C(/C)C(=O)c1c(O)cc(C(C)CC/C=C/N)oc1=O. The summed E-state index contributed by atoms with van der Waals surface area (Å²) in [6.07, 6.45) is 11.5. The van der Waals surface area contributed by atoms with Gasteiger partial charge in [-0.3, -0.25) is 4.79 Å². The third-order valence-electron chi connectivity index (χ3n) is 4.47. The van der Waals surface area contributed by atoms with Crippen molar-refractivity contribution in [2.24, 2.45) is 5.73 Å². The number of hydrogen-bond acceptors (Lipinski definition) is 5. The fourth-order valence-corrected chi connectivity index (χ4v) is 2.61. The minimum Gasteiger partial charge on any atom is -0.507 e. The van der Waals surface area contributed by atoms with E-state index in [1.54, 1.807) is 13.0 Å². The van der Waals surface area contributed by atoms with E-state index in [9.17, 15) is 14.7 Å². The summed E-state index contributed by atoms with van der Waals surface area (Å²) in [6, 6.07) is 1.36. The average molecular weight is 373 g/mol. The Bertz CT molecular complexity index is 784. The van der Waals surface area contributed by atoms with Gasteiger partial charge in [-0.1, -0.05) is 44.1 Å². The molecule has 0 saturated heterocycles. The van der Waals surface area contributed by atoms with Gasteiger partial charge in [0.2, 0.25) is 0 Å². The lowest BCUT2D eigenvalue weighted by atomic mass is 9.99. The van der Waals surface area contributed by atoms with Gasteiger partial charge in [-0.05, 0) is 51.3 Å². The zero-order valence-electron chi connectivity index (χ0n) is 16.7. The van der Waals surface area contributed by atoms with E-state index < -0.39 is 11.4 Å². The van der Waals surface area contributed by atoms with Crippen LogP contribution in [0, 0.1) is 0 Å². The van der Waals surface area contributed by atoms with E-state index >= 15 is 0 Å². The first-order valence-corrected chi connectivity index (χ1v) is 9.44. The molecule has 0 amide bonds. The third-order valence-corrected chi connectivity index (χ3v) is 4.47. The van der Waals surface area contributed by atoms with Crippen molar-refractivity contribution in [3.8, 4) is 5.75 Å². The molecule has 1 rings (SSSR count). The van der Waals surface area contributed by atoms with Gasteiger partial charge in [0, 0.05) is 12.0 Å². The predicted molar refractivity (Wildman–Crippen MR) is 109 cm³/mol. The van der Waals surface area contributed by atoms with Crippen LogP contribution in [0.4, 0.5) is 0 Å². The van der Waals surface area contributed by atoms with Crippen LogP contribution in [0.25, 0.3) is 0 Å². The average Bonchev–Trinajstić information content (AvgIpc) is 2.63. The molecule has 1 aromatic rings. The Morgan fingerprint density at radius 2 is 2.04 bits per heavy atom. The second-order valence-electron chi connectivity index (χ2n) is 6.90. The number of carbonyl (C=O) groups excluding carboxylic acids is 1. The largest absolute Gasteiger partial charge is 0.507 e. The maximum absolute atomic E-state index is 12.6. The van der Waals surface area contributed by atoms with Crippen LogP contribution in [0.2, 0.25) is 0 Å². The van der Waals surface area contributed by atoms with Crippen molar-refractivity contribution >= 4 is 5.78 Å². The third kappa shape index (κ3) is 6.93. The van der Waals surface area contributed by atoms with Crippen LogP contribution < -0.4 is 11.4 Å². The summed E-state index contributed by atoms with van der Waals surface area (Å²) in [5.41, 5.74) is 5.72. The predicted octanol–water partition coefficient (Wildman–Crippen LogP) is 4.97. The lowest BCUT2D eigenvalue weighted by Crippen LogP contribution is -2.16. The van der Waals surface area contributed by atoms with Gasteiger partial charge < -0.3 is 15.3 Å². The number of hydrogen-bond donors (Lipinski definition) is 2. The van der Waals surface area contributed by atoms with Gasteiger partial charge in [0.15, 0.2) is 5.78 Å². The first kappa shape index (κ1) is 22.5. The van der Waals surface area contributed by atoms with E-state index in [4.69, 9.17) is 10.2 Å². The molecule has 1 unspecified atom stereocenters. The molecule has 1 aromatic heterocycles. The molecule has 0 aromatic carbocycles. The second kappa shape index (κ2) is 11.2. The molecule has 0 bridgehead atoms. The summed E-state index contributed by atoms with van der Waals surface area (Å²) in [6.45, 7) is 7.64. The number of carbonyl (C=O) groups is 1. The molecular formula is C22H31NO4. The molecule has 148 valence electrons. The monoisotopic (exact) mass is 373 g/mol. The van der Waals surface area contributed by atoms with Crippen molar-refractivity contribution in [1.82, 2.24) is 0 Å². The Hall–Kier alpha value is -2.56. The molecule has 5 nitrogen and oxygen atoms in total. The molecule has 0 saturated carbocycles. The summed E-state index contributed by atoms with van der Waals surface area (Å²) in [5.74, 6) is -0.584. The van der Waals surface area contributed by atoms with Crippen LogP contribution in [0.15, 0.2) is 50.9 Å². The standard InChI is InChI=1S/C22H31NO4/c1-5-6-9-15(2)11-12-17(4)21(25)20-18(24)14-19(27-22(20)26)16(3)10-7-8-13-23/h8,11-14,16,24H,5-7,9-10,23H2,1-4H3/b13-8+,15-11-,17-12+. The zero-order chi connectivity index (χ0) is 20.4. The van der Waals surface area contributed by atoms with Crippen LogP contribution in [-0.4, -0.2) is 10.9 Å². The summed E-state index contributed by atoms with van der Waals surface area (Å²) in [5, 5.41) is 10.2. The highest BCUT2D eigenvalue weighted by Crippen LogP contribution is 2.26. The molecular weight excluding hydrogens is 342 g/mol. The van der Waals surface area contributed by atoms with Crippen molar-refractivity contribution < 1.29 is 14.3 Å². The van der Waals surface area contributed by atoms with Crippen LogP contribution in [-0.2, 0) is 0 Å². The lowest BCUT2D eigenvalue weighted by Gasteiger charge is -2.10. The molecule has 0 spiro atoms. The number of allylic oxidation sites excluding steroid dienone is 5. The summed E-state index contributed by atoms with van der Waals surface area (Å²) < 4.78 is 5.30. The normalized spacial score (nSPS) is 13.9. The highest BCUT2D eigenvalue weighted by molar-refractivity contribution is 6.09. The number of aromatic hydroxyl groups is 1. The zero-order valence-corrected chi connectivity index (χ0v) is 16.7. The van der Waals surface area contributed by atoms with E-state index in [1.165, 1.54) is 12.3 Å². The quantitative estimate of drug-likeness (QED) is 0.343. The maximum atomic E-state index is 12.6. The maximum Gasteiger partial charge on any atom is 0.351 e. The highest BCUT2D eigenvalue weighted by Gasteiger charge is 2.21. The van der Waals surface area contributed by atoms with E-state index in [-0.39, 0.29) is 17.2 Å². The number of Topliss-reactive ketones (excluding diaryl/α,β-unsaturated/α-hetero) is 1. The van der Waals surface area contributed by atoms with Gasteiger partial charge in [0.05, 0.1) is 0 Å². The van der Waals surface area contributed by atoms with Crippen LogP contribution in [0.5, 0.6) is 5.75 Å². The van der Waals surface area contributed by atoms with Crippen molar-refractivity contribution in [2.45, 2.75) is 65.7 Å². The first-order valence-electron chi connectivity index (χ1n) is 9.44. The fourth-order valence-electron chi connectivity index (χ4n) is 2.61. The first-order chi connectivity index (χ1) is 12.8. The molecule has 27 heavy (non-hydrogen) atoms. The molecule has 0 fully saturated rings. The topological polar surface area (TPSA) is 93.5 Å². The van der Waals surface area contributed by atoms with Gasteiger partial charge in [0.25, 0.3) is 0 Å². The van der Waals surface area contributed by atoms with Gasteiger partial charge >= 0.3 is 5.63 Å². The summed E-state index contributed by atoms with van der Waals surface area (Å²) >= 11 is 0. The molecule has 0 aliphatic carbocycles. The minimum atomic E-state index is -0.810. The Morgan fingerprint density at radius 3 is 2.63 bits per heavy atom. The minimum absolute atomic E-state index is 0.0789. The van der Waals surface area contributed by atoms with Gasteiger partial charge in [0.1, 0.15) is 17.1 Å². The molecule has 1 atom stereocenters. The number of nitrogens with two attached hydrogens (primary N) is 1. The van der Waals surface area contributed by atoms with E-state index in [1.807, 2.05) is 26.0 Å². The van der Waals surface area contributed by atoms with E-state index in [0.717, 1.165) is 31.3 Å². The van der Waals surface area contributed by atoms with E-state index in [0.29, 0.717) is 17.8 Å². The Labute approximate surface area is 161 Å². The van der Waals surface area contributed by atoms with Crippen molar-refractivity contribution in [3.05, 3.63) is 63.4 Å². The van der Waals surface area contributed by atoms with Crippen LogP contribution >= 0.6 is 0 Å². The van der Waals surface area contributed by atoms with Crippen LogP contribution in [0.1, 0.15) is 81.8 Å². The Morgan fingerprint density at radius 1 is 1.33 bits per heavy atom. The summed E-state index contributed by atoms with van der Waals surface area (Å²) in [7, 11) is 0. The van der Waals surface area contributed by atoms with Crippen molar-refractivity contribution in [1.29, 1.82) is 0 Å². The fraction of sp³-hybridized carbons (Fsp3) is 0.455.